The van der Waals surface area contributed by atoms with Gasteiger partial charge in [-0.3, -0.25) is 9.59 Å². The predicted octanol–water partition coefficient (Wildman–Crippen LogP) is 0.858. The Hall–Kier alpha value is -2.41. The number of amides is 1. The second-order valence-corrected chi connectivity index (χ2v) is 6.49. The van der Waals surface area contributed by atoms with E-state index in [1.54, 1.807) is 20.8 Å². The number of esters is 1. The molecule has 7 nitrogen and oxygen atoms in total. The van der Waals surface area contributed by atoms with E-state index < -0.39 is 42.0 Å². The molecule has 0 aliphatic carbocycles. The summed E-state index contributed by atoms with van der Waals surface area (Å²) in [6.45, 7) is 5.17. The van der Waals surface area contributed by atoms with Gasteiger partial charge in [-0.25, -0.2) is 4.79 Å². The first-order valence-corrected chi connectivity index (χ1v) is 7.63. The van der Waals surface area contributed by atoms with Gasteiger partial charge in [-0.15, -0.1) is 0 Å². The van der Waals surface area contributed by atoms with Crippen LogP contribution in [0.2, 0.25) is 0 Å². The number of aliphatic carboxylic acids is 1. The number of ether oxygens (including phenoxy) is 1. The maximum absolute atomic E-state index is 12.3. The number of rotatable bonds is 7. The summed E-state index contributed by atoms with van der Waals surface area (Å²) in [5, 5.41) is 11.2. The summed E-state index contributed by atoms with van der Waals surface area (Å²) in [5.74, 6) is -2.49. The third-order valence-electron chi connectivity index (χ3n) is 3.02. The number of benzene rings is 1. The van der Waals surface area contributed by atoms with Gasteiger partial charge in [0.1, 0.15) is 11.6 Å². The molecule has 0 heterocycles. The summed E-state index contributed by atoms with van der Waals surface area (Å²) in [7, 11) is 0. The highest BCUT2D eigenvalue weighted by Gasteiger charge is 2.29. The van der Waals surface area contributed by atoms with Crippen molar-refractivity contribution in [2.75, 3.05) is 0 Å². The molecule has 0 bridgehead atoms. The molecule has 2 atom stereocenters. The molecule has 1 aromatic carbocycles. The summed E-state index contributed by atoms with van der Waals surface area (Å²) >= 11 is 0. The first-order valence-electron chi connectivity index (χ1n) is 7.63. The van der Waals surface area contributed by atoms with Gasteiger partial charge >= 0.3 is 11.9 Å². The number of carboxylic acid groups (broad SMARTS) is 1. The number of carbonyl (C=O) groups is 3. The Balaban J connectivity index is 2.86. The van der Waals surface area contributed by atoms with E-state index in [-0.39, 0.29) is 6.42 Å². The van der Waals surface area contributed by atoms with Crippen molar-refractivity contribution in [3.8, 4) is 0 Å². The fourth-order valence-electron chi connectivity index (χ4n) is 1.98. The maximum atomic E-state index is 12.3. The van der Waals surface area contributed by atoms with Crippen molar-refractivity contribution in [3.63, 3.8) is 0 Å². The zero-order valence-corrected chi connectivity index (χ0v) is 14.1. The van der Waals surface area contributed by atoms with Crippen molar-refractivity contribution in [1.82, 2.24) is 5.32 Å². The molecule has 132 valence electrons. The van der Waals surface area contributed by atoms with Crippen LogP contribution in [0.1, 0.15) is 32.8 Å². The van der Waals surface area contributed by atoms with E-state index in [2.05, 4.69) is 5.32 Å². The Morgan fingerprint density at radius 3 is 2.29 bits per heavy atom. The smallest absolute Gasteiger partial charge is 0.329 e. The maximum Gasteiger partial charge on any atom is 0.329 e. The molecule has 1 rings (SSSR count). The average molecular weight is 336 g/mol. The number of carbonyl (C=O) groups excluding carboxylic acids is 2. The summed E-state index contributed by atoms with van der Waals surface area (Å²) in [4.78, 5) is 35.1. The largest absolute Gasteiger partial charge is 0.481 e. The van der Waals surface area contributed by atoms with E-state index in [0.29, 0.717) is 0 Å². The van der Waals surface area contributed by atoms with Crippen LogP contribution < -0.4 is 11.1 Å². The van der Waals surface area contributed by atoms with Gasteiger partial charge < -0.3 is 20.9 Å². The highest BCUT2D eigenvalue weighted by atomic mass is 16.6. The third-order valence-corrected chi connectivity index (χ3v) is 3.02. The summed E-state index contributed by atoms with van der Waals surface area (Å²) in [5.41, 5.74) is 5.67. The molecule has 1 amide bonds. The van der Waals surface area contributed by atoms with Crippen LogP contribution in [0.4, 0.5) is 0 Å². The monoisotopic (exact) mass is 336 g/mol. The molecule has 7 heteroatoms. The number of carboxylic acids is 1. The van der Waals surface area contributed by atoms with Crippen LogP contribution >= 0.6 is 0 Å². The Kier molecular flexibility index (Phi) is 6.91. The molecule has 24 heavy (non-hydrogen) atoms. The van der Waals surface area contributed by atoms with Gasteiger partial charge in [0.05, 0.1) is 12.5 Å². The van der Waals surface area contributed by atoms with Gasteiger partial charge in [-0.05, 0) is 26.3 Å². The van der Waals surface area contributed by atoms with E-state index in [9.17, 15) is 14.4 Å². The highest BCUT2D eigenvalue weighted by molar-refractivity contribution is 5.90. The average Bonchev–Trinajstić information content (AvgIpc) is 2.45. The minimum Gasteiger partial charge on any atom is -0.481 e. The first kappa shape index (κ1) is 19.6. The molecular weight excluding hydrogens is 312 g/mol. The molecule has 0 aromatic heterocycles. The zero-order valence-electron chi connectivity index (χ0n) is 14.1. The molecular formula is C17H24N2O5. The molecule has 4 N–H and O–H groups in total. The quantitative estimate of drug-likeness (QED) is 0.635. The van der Waals surface area contributed by atoms with Crippen LogP contribution in [0.25, 0.3) is 0 Å². The van der Waals surface area contributed by atoms with E-state index in [4.69, 9.17) is 15.6 Å². The second kappa shape index (κ2) is 8.44. The second-order valence-electron chi connectivity index (χ2n) is 6.49. The minimum atomic E-state index is -1.23. The van der Waals surface area contributed by atoms with Crippen molar-refractivity contribution in [2.24, 2.45) is 5.73 Å². The topological polar surface area (TPSA) is 119 Å². The lowest BCUT2D eigenvalue weighted by Gasteiger charge is -2.25. The van der Waals surface area contributed by atoms with E-state index >= 15 is 0 Å². The van der Waals surface area contributed by atoms with Crippen LogP contribution in [-0.4, -0.2) is 40.6 Å². The first-order chi connectivity index (χ1) is 11.1. The number of hydrogen-bond acceptors (Lipinski definition) is 5. The normalized spacial score (nSPS) is 13.7. The van der Waals surface area contributed by atoms with Crippen LogP contribution in [0, 0.1) is 0 Å². The van der Waals surface area contributed by atoms with Crippen molar-refractivity contribution in [3.05, 3.63) is 35.9 Å². The predicted molar refractivity (Wildman–Crippen MR) is 88.1 cm³/mol. The Bertz CT molecular complexity index is 580. The SMILES string of the molecule is CC(C)(C)OC(=O)[C@H](Cc1ccccc1)NC(=O)[C@@H](N)CC(=O)O. The van der Waals surface area contributed by atoms with Crippen molar-refractivity contribution in [2.45, 2.75) is 51.3 Å². The molecule has 0 saturated carbocycles. The molecule has 0 spiro atoms. The summed E-state index contributed by atoms with van der Waals surface area (Å²) < 4.78 is 5.32. The van der Waals surface area contributed by atoms with Gasteiger partial charge in [-0.1, -0.05) is 30.3 Å². The number of nitrogens with one attached hydrogen (secondary N) is 1. The molecule has 1 aromatic rings. The fourth-order valence-corrected chi connectivity index (χ4v) is 1.98. The van der Waals surface area contributed by atoms with Crippen molar-refractivity contribution >= 4 is 17.8 Å². The van der Waals surface area contributed by atoms with E-state index in [1.165, 1.54) is 0 Å². The molecule has 0 unspecified atom stereocenters. The van der Waals surface area contributed by atoms with Crippen LogP contribution in [0.3, 0.4) is 0 Å². The third kappa shape index (κ3) is 7.23. The molecule has 0 radical (unpaired) electrons. The fraction of sp³-hybridized carbons (Fsp3) is 0.471. The zero-order chi connectivity index (χ0) is 18.3. The molecule has 0 saturated heterocycles. The number of hydrogen-bond donors (Lipinski definition) is 3. The van der Waals surface area contributed by atoms with Gasteiger partial charge in [0, 0.05) is 6.42 Å². The lowest BCUT2D eigenvalue weighted by Crippen LogP contribution is -2.51. The van der Waals surface area contributed by atoms with Gasteiger partial charge in [0.15, 0.2) is 0 Å². The Morgan fingerprint density at radius 1 is 1.21 bits per heavy atom. The highest BCUT2D eigenvalue weighted by Crippen LogP contribution is 2.12. The van der Waals surface area contributed by atoms with Crippen LogP contribution in [0.15, 0.2) is 30.3 Å². The van der Waals surface area contributed by atoms with Gasteiger partial charge in [0.25, 0.3) is 0 Å². The van der Waals surface area contributed by atoms with Crippen molar-refractivity contribution in [1.29, 1.82) is 0 Å². The lowest BCUT2D eigenvalue weighted by atomic mass is 10.0. The Morgan fingerprint density at radius 2 is 1.79 bits per heavy atom. The van der Waals surface area contributed by atoms with Crippen LogP contribution in [0.5, 0.6) is 0 Å². The minimum absolute atomic E-state index is 0.223. The Labute approximate surface area is 141 Å². The standard InChI is InChI=1S/C17H24N2O5/c1-17(2,3)24-16(23)13(9-11-7-5-4-6-8-11)19-15(22)12(18)10-14(20)21/h4-8,12-13H,9-10,18H2,1-3H3,(H,19,22)(H,20,21)/t12-,13-/m0/s1. The van der Waals surface area contributed by atoms with Gasteiger partial charge in [0.2, 0.25) is 5.91 Å². The molecule has 0 aliphatic heterocycles. The summed E-state index contributed by atoms with van der Waals surface area (Å²) in [6.07, 6.45) is -0.292. The van der Waals surface area contributed by atoms with Crippen molar-refractivity contribution < 1.29 is 24.2 Å². The van der Waals surface area contributed by atoms with Crippen LogP contribution in [-0.2, 0) is 25.5 Å². The molecule has 0 fully saturated rings. The summed E-state index contributed by atoms with van der Waals surface area (Å²) in [6, 6.07) is 6.94. The van der Waals surface area contributed by atoms with E-state index in [0.717, 1.165) is 5.56 Å². The molecule has 0 aliphatic rings. The van der Waals surface area contributed by atoms with E-state index in [1.807, 2.05) is 30.3 Å². The number of nitrogens with two attached hydrogens (primary N) is 1. The lowest BCUT2D eigenvalue weighted by molar-refractivity contribution is -0.158. The van der Waals surface area contributed by atoms with Gasteiger partial charge in [-0.2, -0.15) is 0 Å².